The lowest BCUT2D eigenvalue weighted by Gasteiger charge is -2.31. The molecule has 0 aromatic carbocycles. The Labute approximate surface area is 85.6 Å². The second-order valence-electron chi connectivity index (χ2n) is 4.06. The van der Waals surface area contributed by atoms with Gasteiger partial charge in [0.15, 0.2) is 0 Å². The zero-order chi connectivity index (χ0) is 10.1. The molecule has 0 bridgehead atoms. The monoisotopic (exact) mass is 214 g/mol. The van der Waals surface area contributed by atoms with Crippen molar-refractivity contribution in [3.05, 3.63) is 23.4 Å². The van der Waals surface area contributed by atoms with E-state index in [0.717, 1.165) is 10.8 Å². The number of aromatic nitrogens is 1. The van der Waals surface area contributed by atoms with Gasteiger partial charge in [-0.05, 0) is 19.2 Å². The first-order chi connectivity index (χ1) is 5.91. The molecule has 0 saturated heterocycles. The van der Waals surface area contributed by atoms with Gasteiger partial charge >= 0.3 is 0 Å². The molecule has 0 N–H and O–H groups in total. The fourth-order valence-corrected chi connectivity index (χ4v) is 1.88. The smallest absolute Gasteiger partial charge is 0.149 e. The summed E-state index contributed by atoms with van der Waals surface area (Å²) < 4.78 is 2.24. The Balaban J connectivity index is 2.96. The van der Waals surface area contributed by atoms with Gasteiger partial charge in [0.2, 0.25) is 0 Å². The van der Waals surface area contributed by atoms with Crippen LogP contribution in [0.5, 0.6) is 0 Å². The van der Waals surface area contributed by atoms with Crippen LogP contribution < -0.4 is 4.57 Å². The van der Waals surface area contributed by atoms with Gasteiger partial charge in [0, 0.05) is 11.2 Å². The van der Waals surface area contributed by atoms with Gasteiger partial charge in [-0.25, -0.2) is 4.98 Å². The Bertz CT molecular complexity index is 296. The maximum Gasteiger partial charge on any atom is 0.149 e. The Hall–Kier alpha value is -0.543. The zero-order valence-corrected chi connectivity index (χ0v) is 10.3. The first-order valence-electron chi connectivity index (χ1n) is 4.26. The van der Waals surface area contributed by atoms with Crippen molar-refractivity contribution in [3.8, 4) is 0 Å². The van der Waals surface area contributed by atoms with E-state index in [0.29, 0.717) is 0 Å². The van der Waals surface area contributed by atoms with E-state index in [1.54, 1.807) is 12.3 Å². The third-order valence-corrected chi connectivity index (χ3v) is 4.53. The van der Waals surface area contributed by atoms with Crippen LogP contribution in [0.2, 0.25) is 24.7 Å². The predicted octanol–water partition coefficient (Wildman–Crippen LogP) is 3.01. The van der Waals surface area contributed by atoms with Crippen LogP contribution in [-0.4, -0.2) is 20.3 Å². The summed E-state index contributed by atoms with van der Waals surface area (Å²) in [5.41, 5.74) is 0. The van der Waals surface area contributed by atoms with Crippen LogP contribution in [0, 0.1) is 0 Å². The Kier molecular flexibility index (Phi) is 2.98. The molecule has 0 radical (unpaired) electrons. The van der Waals surface area contributed by atoms with Crippen molar-refractivity contribution in [2.24, 2.45) is 0 Å². The molecular formula is C9H15ClN2Si. The molecule has 0 aliphatic carbocycles. The molecule has 0 fully saturated rings. The minimum absolute atomic E-state index is 0.745. The first-order valence-corrected chi connectivity index (χ1v) is 8.09. The topological polar surface area (TPSA) is 16.1 Å². The number of rotatable bonds is 2. The zero-order valence-electron chi connectivity index (χ0n) is 8.50. The van der Waals surface area contributed by atoms with E-state index in [1.807, 2.05) is 6.07 Å². The van der Waals surface area contributed by atoms with Gasteiger partial charge in [-0.15, -0.1) is 0 Å². The van der Waals surface area contributed by atoms with Crippen LogP contribution in [0.25, 0.3) is 0 Å². The van der Waals surface area contributed by atoms with Crippen molar-refractivity contribution >= 4 is 25.7 Å². The molecule has 4 heteroatoms. The molecule has 0 aliphatic rings. The summed E-state index contributed by atoms with van der Waals surface area (Å²) in [6, 6.07) is 3.70. The first kappa shape index (κ1) is 10.5. The van der Waals surface area contributed by atoms with Gasteiger partial charge in [0.1, 0.15) is 14.1 Å². The molecule has 1 aromatic rings. The highest BCUT2D eigenvalue weighted by atomic mass is 35.5. The lowest BCUT2D eigenvalue weighted by molar-refractivity contribution is 1.16. The van der Waals surface area contributed by atoms with Crippen molar-refractivity contribution in [1.82, 2.24) is 4.98 Å². The van der Waals surface area contributed by atoms with E-state index in [2.05, 4.69) is 36.2 Å². The molecular weight excluding hydrogens is 200 g/mol. The van der Waals surface area contributed by atoms with E-state index < -0.39 is 8.24 Å². The second kappa shape index (κ2) is 3.68. The summed E-state index contributed by atoms with van der Waals surface area (Å²) in [4.78, 5) is 4.28. The number of hydrogen-bond acceptors (Lipinski definition) is 2. The fraction of sp³-hybridized carbons (Fsp3) is 0.444. The van der Waals surface area contributed by atoms with Crippen LogP contribution in [0.1, 0.15) is 0 Å². The van der Waals surface area contributed by atoms with Gasteiger partial charge in [-0.2, -0.15) is 0 Å². The molecule has 72 valence electrons. The van der Waals surface area contributed by atoms with Crippen LogP contribution in [0.4, 0.5) is 5.82 Å². The predicted molar refractivity (Wildman–Crippen MR) is 61.0 cm³/mol. The molecule has 0 saturated carbocycles. The normalized spacial score (nSPS) is 11.5. The fourth-order valence-electron chi connectivity index (χ4n) is 0.921. The average Bonchev–Trinajstić information content (AvgIpc) is 2.01. The molecule has 0 spiro atoms. The van der Waals surface area contributed by atoms with Gasteiger partial charge in [0.05, 0.1) is 0 Å². The van der Waals surface area contributed by atoms with E-state index in [9.17, 15) is 0 Å². The highest BCUT2D eigenvalue weighted by molar-refractivity contribution is 6.79. The van der Waals surface area contributed by atoms with Gasteiger partial charge < -0.3 is 4.57 Å². The quantitative estimate of drug-likeness (QED) is 0.704. The minimum Gasteiger partial charge on any atom is -0.386 e. The van der Waals surface area contributed by atoms with Crippen molar-refractivity contribution in [1.29, 1.82) is 0 Å². The Morgan fingerprint density at radius 1 is 1.38 bits per heavy atom. The summed E-state index contributed by atoms with van der Waals surface area (Å²) in [7, 11) is 0.762. The highest BCUT2D eigenvalue weighted by Crippen LogP contribution is 2.19. The molecule has 1 aromatic heterocycles. The maximum atomic E-state index is 5.89. The molecule has 0 amide bonds. The average molecular weight is 215 g/mol. The van der Waals surface area contributed by atoms with Crippen LogP contribution in [0.15, 0.2) is 18.3 Å². The van der Waals surface area contributed by atoms with Crippen LogP contribution >= 0.6 is 11.6 Å². The van der Waals surface area contributed by atoms with Crippen molar-refractivity contribution in [2.75, 3.05) is 11.6 Å². The highest BCUT2D eigenvalue weighted by Gasteiger charge is 2.21. The lowest BCUT2D eigenvalue weighted by atomic mass is 10.5. The van der Waals surface area contributed by atoms with E-state index >= 15 is 0 Å². The molecule has 2 nitrogen and oxygen atoms in total. The Morgan fingerprint density at radius 2 is 2.00 bits per heavy atom. The largest absolute Gasteiger partial charge is 0.386 e. The van der Waals surface area contributed by atoms with Crippen molar-refractivity contribution < 1.29 is 0 Å². The second-order valence-corrected chi connectivity index (χ2v) is 9.51. The summed E-state index contributed by atoms with van der Waals surface area (Å²) in [5.74, 6) is 0.965. The molecule has 13 heavy (non-hydrogen) atoms. The summed E-state index contributed by atoms with van der Waals surface area (Å²) in [6.45, 7) is 6.82. The number of nitrogens with zero attached hydrogens (tertiary/aromatic N) is 2. The number of halogens is 1. The SMILES string of the molecule is CN(c1cc(Cl)ccn1)[Si](C)(C)C. The summed E-state index contributed by atoms with van der Waals surface area (Å²) in [6.07, 6.45) is 1.74. The van der Waals surface area contributed by atoms with Crippen molar-refractivity contribution in [2.45, 2.75) is 19.6 Å². The van der Waals surface area contributed by atoms with Gasteiger partial charge in [-0.3, -0.25) is 0 Å². The maximum absolute atomic E-state index is 5.89. The third kappa shape index (κ3) is 2.71. The van der Waals surface area contributed by atoms with Crippen molar-refractivity contribution in [3.63, 3.8) is 0 Å². The molecule has 0 unspecified atom stereocenters. The summed E-state index contributed by atoms with van der Waals surface area (Å²) in [5, 5.41) is 0.745. The summed E-state index contributed by atoms with van der Waals surface area (Å²) >= 11 is 5.89. The molecule has 0 aliphatic heterocycles. The van der Waals surface area contributed by atoms with Crippen LogP contribution in [0.3, 0.4) is 0 Å². The van der Waals surface area contributed by atoms with Crippen LogP contribution in [-0.2, 0) is 0 Å². The number of anilines is 1. The number of hydrogen-bond donors (Lipinski definition) is 0. The van der Waals surface area contributed by atoms with E-state index in [4.69, 9.17) is 11.6 Å². The molecule has 1 rings (SSSR count). The number of pyridine rings is 1. The lowest BCUT2D eigenvalue weighted by Crippen LogP contribution is -2.43. The Morgan fingerprint density at radius 3 is 2.46 bits per heavy atom. The third-order valence-electron chi connectivity index (χ3n) is 2.06. The van der Waals surface area contributed by atoms with E-state index in [-0.39, 0.29) is 0 Å². The van der Waals surface area contributed by atoms with Gasteiger partial charge in [-0.1, -0.05) is 31.2 Å². The standard InChI is InChI=1S/C9H15ClN2Si/c1-12(13(2,3)4)9-7-8(10)5-6-11-9/h5-7H,1-4H3. The molecule has 0 atom stereocenters. The minimum atomic E-state index is -1.31. The molecule has 1 heterocycles. The van der Waals surface area contributed by atoms with Gasteiger partial charge in [0.25, 0.3) is 0 Å². The van der Waals surface area contributed by atoms with E-state index in [1.165, 1.54) is 0 Å².